The molecule has 3 nitrogen and oxygen atoms in total. The van der Waals surface area contributed by atoms with Gasteiger partial charge in [0.1, 0.15) is 18.2 Å². The topological polar surface area (TPSA) is 30.5 Å². The number of ether oxygens (including phenoxy) is 2. The van der Waals surface area contributed by atoms with E-state index in [1.807, 2.05) is 7.05 Å². The predicted molar refractivity (Wildman–Crippen MR) is 63.7 cm³/mol. The second kappa shape index (κ2) is 5.98. The normalized spacial score (nSPS) is 21.4. The molecule has 1 N–H and O–H groups in total. The Morgan fingerprint density at radius 1 is 1.59 bits per heavy atom. The second-order valence-corrected chi connectivity index (χ2v) is 4.29. The molecule has 0 saturated carbocycles. The van der Waals surface area contributed by atoms with Crippen molar-refractivity contribution >= 4 is 0 Å². The molecule has 2 rings (SSSR count). The van der Waals surface area contributed by atoms with Crippen LogP contribution in [0.3, 0.4) is 0 Å². The van der Waals surface area contributed by atoms with Gasteiger partial charge in [-0.3, -0.25) is 0 Å². The zero-order valence-corrected chi connectivity index (χ0v) is 9.99. The highest BCUT2D eigenvalue weighted by Crippen LogP contribution is 2.18. The first-order valence-electron chi connectivity index (χ1n) is 5.93. The van der Waals surface area contributed by atoms with Gasteiger partial charge < -0.3 is 14.8 Å². The number of halogens is 1. The lowest BCUT2D eigenvalue weighted by Crippen LogP contribution is -2.39. The predicted octanol–water partition coefficient (Wildman–Crippen LogP) is 1.83. The van der Waals surface area contributed by atoms with Gasteiger partial charge in [-0.1, -0.05) is 6.07 Å². The van der Waals surface area contributed by atoms with E-state index in [2.05, 4.69) is 5.32 Å². The number of likely N-dealkylation sites (N-methyl/N-ethyl adjacent to an activating group) is 1. The summed E-state index contributed by atoms with van der Waals surface area (Å²) in [5.74, 6) is 0.783. The molecule has 0 radical (unpaired) electrons. The van der Waals surface area contributed by atoms with E-state index >= 15 is 0 Å². The van der Waals surface area contributed by atoms with E-state index in [0.29, 0.717) is 18.3 Å². The van der Waals surface area contributed by atoms with Crippen LogP contribution in [0.1, 0.15) is 6.42 Å². The largest absolute Gasteiger partial charge is 0.492 e. The van der Waals surface area contributed by atoms with Crippen molar-refractivity contribution in [2.24, 2.45) is 5.92 Å². The summed E-state index contributed by atoms with van der Waals surface area (Å²) < 4.78 is 23.9. The van der Waals surface area contributed by atoms with Crippen LogP contribution in [0.5, 0.6) is 5.75 Å². The number of hydrogen-bond donors (Lipinski definition) is 1. The summed E-state index contributed by atoms with van der Waals surface area (Å²) in [5.41, 5.74) is 0. The van der Waals surface area contributed by atoms with Gasteiger partial charge in [-0.25, -0.2) is 4.39 Å². The average molecular weight is 239 g/mol. The summed E-state index contributed by atoms with van der Waals surface area (Å²) in [7, 11) is 1.91. The van der Waals surface area contributed by atoms with Gasteiger partial charge in [-0.15, -0.1) is 0 Å². The standard InChI is InChI=1S/C13H18FNO2/c1-15-13(10-5-6-16-8-10)9-17-12-4-2-3-11(14)7-12/h2-4,7,10,13,15H,5-6,8-9H2,1H3. The van der Waals surface area contributed by atoms with Crippen LogP contribution in [-0.2, 0) is 4.74 Å². The molecule has 0 bridgehead atoms. The Bertz CT molecular complexity index is 353. The average Bonchev–Trinajstić information content (AvgIpc) is 2.84. The van der Waals surface area contributed by atoms with Gasteiger partial charge in [0, 0.05) is 24.6 Å². The Morgan fingerprint density at radius 3 is 3.12 bits per heavy atom. The first-order valence-corrected chi connectivity index (χ1v) is 5.93. The van der Waals surface area contributed by atoms with Crippen molar-refractivity contribution in [2.75, 3.05) is 26.9 Å². The SMILES string of the molecule is CNC(COc1cccc(F)c1)C1CCOC1. The number of hydrogen-bond acceptors (Lipinski definition) is 3. The minimum Gasteiger partial charge on any atom is -0.492 e. The zero-order chi connectivity index (χ0) is 12.1. The second-order valence-electron chi connectivity index (χ2n) is 4.29. The quantitative estimate of drug-likeness (QED) is 0.850. The highest BCUT2D eigenvalue weighted by atomic mass is 19.1. The third-order valence-corrected chi connectivity index (χ3v) is 3.13. The van der Waals surface area contributed by atoms with Crippen LogP contribution < -0.4 is 10.1 Å². The van der Waals surface area contributed by atoms with Crippen LogP contribution in [0.4, 0.5) is 4.39 Å². The van der Waals surface area contributed by atoms with E-state index in [-0.39, 0.29) is 11.9 Å². The fourth-order valence-corrected chi connectivity index (χ4v) is 2.07. The molecule has 0 aliphatic carbocycles. The lowest BCUT2D eigenvalue weighted by molar-refractivity contribution is 0.162. The fraction of sp³-hybridized carbons (Fsp3) is 0.538. The minimum atomic E-state index is -0.271. The van der Waals surface area contributed by atoms with Gasteiger partial charge >= 0.3 is 0 Å². The van der Waals surface area contributed by atoms with Crippen molar-refractivity contribution in [1.29, 1.82) is 0 Å². The summed E-state index contributed by atoms with van der Waals surface area (Å²) in [6.07, 6.45) is 1.05. The molecular formula is C13H18FNO2. The molecule has 4 heteroatoms. The van der Waals surface area contributed by atoms with Crippen LogP contribution in [0, 0.1) is 11.7 Å². The Hall–Kier alpha value is -1.13. The minimum absolute atomic E-state index is 0.251. The molecular weight excluding hydrogens is 221 g/mol. The molecule has 0 spiro atoms. The summed E-state index contributed by atoms with van der Waals surface area (Å²) in [4.78, 5) is 0. The maximum Gasteiger partial charge on any atom is 0.126 e. The Balaban J connectivity index is 1.87. The van der Waals surface area contributed by atoms with Crippen LogP contribution in [-0.4, -0.2) is 32.9 Å². The Kier molecular flexibility index (Phi) is 4.34. The summed E-state index contributed by atoms with van der Waals surface area (Å²) >= 11 is 0. The molecule has 1 aliphatic heterocycles. The Morgan fingerprint density at radius 2 is 2.47 bits per heavy atom. The van der Waals surface area contributed by atoms with Gasteiger partial charge in [0.15, 0.2) is 0 Å². The fourth-order valence-electron chi connectivity index (χ4n) is 2.07. The molecule has 1 fully saturated rings. The van der Waals surface area contributed by atoms with Crippen molar-refractivity contribution in [2.45, 2.75) is 12.5 Å². The molecule has 0 amide bonds. The molecule has 94 valence electrons. The molecule has 1 saturated heterocycles. The first-order chi connectivity index (χ1) is 8.29. The highest BCUT2D eigenvalue weighted by Gasteiger charge is 2.24. The van der Waals surface area contributed by atoms with Gasteiger partial charge in [-0.2, -0.15) is 0 Å². The van der Waals surface area contributed by atoms with Crippen LogP contribution in [0.15, 0.2) is 24.3 Å². The number of nitrogens with one attached hydrogen (secondary N) is 1. The third kappa shape index (κ3) is 3.41. The van der Waals surface area contributed by atoms with E-state index in [1.54, 1.807) is 12.1 Å². The van der Waals surface area contributed by atoms with Crippen LogP contribution in [0.2, 0.25) is 0 Å². The van der Waals surface area contributed by atoms with Crippen molar-refractivity contribution in [3.63, 3.8) is 0 Å². The monoisotopic (exact) mass is 239 g/mol. The van der Waals surface area contributed by atoms with Crippen molar-refractivity contribution < 1.29 is 13.9 Å². The maximum atomic E-state index is 13.0. The lowest BCUT2D eigenvalue weighted by atomic mass is 10.00. The third-order valence-electron chi connectivity index (χ3n) is 3.13. The van der Waals surface area contributed by atoms with E-state index in [1.165, 1.54) is 12.1 Å². The first kappa shape index (κ1) is 12.3. The molecule has 2 unspecified atom stereocenters. The molecule has 2 atom stereocenters. The molecule has 1 heterocycles. The van der Waals surface area contributed by atoms with Crippen molar-refractivity contribution in [3.05, 3.63) is 30.1 Å². The van der Waals surface area contributed by atoms with Crippen molar-refractivity contribution in [1.82, 2.24) is 5.32 Å². The zero-order valence-electron chi connectivity index (χ0n) is 9.99. The number of rotatable bonds is 5. The molecule has 17 heavy (non-hydrogen) atoms. The Labute approximate surface area is 101 Å². The molecule has 1 aromatic rings. The van der Waals surface area contributed by atoms with E-state index < -0.39 is 0 Å². The summed E-state index contributed by atoms with van der Waals surface area (Å²) in [6.45, 7) is 2.13. The molecule has 1 aliphatic rings. The van der Waals surface area contributed by atoms with Gasteiger partial charge in [0.05, 0.1) is 6.61 Å². The van der Waals surface area contributed by atoms with Gasteiger partial charge in [0.25, 0.3) is 0 Å². The van der Waals surface area contributed by atoms with E-state index in [4.69, 9.17) is 9.47 Å². The molecule has 0 aromatic heterocycles. The van der Waals surface area contributed by atoms with Crippen LogP contribution >= 0.6 is 0 Å². The van der Waals surface area contributed by atoms with Crippen molar-refractivity contribution in [3.8, 4) is 5.75 Å². The van der Waals surface area contributed by atoms with Crippen LogP contribution in [0.25, 0.3) is 0 Å². The summed E-state index contributed by atoms with van der Waals surface area (Å²) in [6, 6.07) is 6.48. The number of benzene rings is 1. The lowest BCUT2D eigenvalue weighted by Gasteiger charge is -2.22. The summed E-state index contributed by atoms with van der Waals surface area (Å²) in [5, 5.41) is 3.23. The highest BCUT2D eigenvalue weighted by molar-refractivity contribution is 5.22. The van der Waals surface area contributed by atoms with Gasteiger partial charge in [-0.05, 0) is 25.6 Å². The van der Waals surface area contributed by atoms with E-state index in [9.17, 15) is 4.39 Å². The maximum absolute atomic E-state index is 13.0. The van der Waals surface area contributed by atoms with Gasteiger partial charge in [0.2, 0.25) is 0 Å². The molecule has 1 aromatic carbocycles. The smallest absolute Gasteiger partial charge is 0.126 e. The van der Waals surface area contributed by atoms with E-state index in [0.717, 1.165) is 19.6 Å².